The van der Waals surface area contributed by atoms with Gasteiger partial charge in [-0.15, -0.1) is 0 Å². The number of halogens is 2. The van der Waals surface area contributed by atoms with Crippen molar-refractivity contribution in [2.45, 2.75) is 0 Å². The number of benzene rings is 2. The van der Waals surface area contributed by atoms with Gasteiger partial charge in [-0.2, -0.15) is 5.26 Å². The van der Waals surface area contributed by atoms with Gasteiger partial charge in [0.1, 0.15) is 24.0 Å². The standard InChI is InChI=1S/C19H14Cl2N2O2/c1-2-9-25-18-6-4-3-5-13(18)10-14(12-22)19(24)23-17-11-15(20)7-8-16(17)21/h2-8,10-11H,1,9H2,(H,23,24)/b14-10+. The summed E-state index contributed by atoms with van der Waals surface area (Å²) in [7, 11) is 0. The number of anilines is 1. The summed E-state index contributed by atoms with van der Waals surface area (Å²) in [5.41, 5.74) is 0.843. The quantitative estimate of drug-likeness (QED) is 0.435. The molecule has 0 atom stereocenters. The van der Waals surface area contributed by atoms with Crippen LogP contribution in [0.15, 0.2) is 60.7 Å². The number of carbonyl (C=O) groups excluding carboxylic acids is 1. The fourth-order valence-electron chi connectivity index (χ4n) is 1.97. The van der Waals surface area contributed by atoms with Gasteiger partial charge in [0.25, 0.3) is 5.91 Å². The van der Waals surface area contributed by atoms with Crippen LogP contribution in [-0.2, 0) is 4.79 Å². The second-order valence-corrected chi connectivity index (χ2v) is 5.73. The highest BCUT2D eigenvalue weighted by Gasteiger charge is 2.13. The third-order valence-corrected chi connectivity index (χ3v) is 3.68. The highest BCUT2D eigenvalue weighted by atomic mass is 35.5. The van der Waals surface area contributed by atoms with Crippen molar-refractivity contribution in [3.8, 4) is 11.8 Å². The summed E-state index contributed by atoms with van der Waals surface area (Å²) < 4.78 is 5.52. The molecule has 2 aromatic rings. The van der Waals surface area contributed by atoms with Gasteiger partial charge in [0.15, 0.2) is 0 Å². The smallest absolute Gasteiger partial charge is 0.266 e. The van der Waals surface area contributed by atoms with Crippen LogP contribution in [0.1, 0.15) is 5.56 Å². The van der Waals surface area contributed by atoms with Crippen LogP contribution in [0.4, 0.5) is 5.69 Å². The van der Waals surface area contributed by atoms with E-state index < -0.39 is 5.91 Å². The first-order valence-corrected chi connectivity index (χ1v) is 8.01. The van der Waals surface area contributed by atoms with Gasteiger partial charge in [0.05, 0.1) is 10.7 Å². The van der Waals surface area contributed by atoms with Crippen LogP contribution in [-0.4, -0.2) is 12.5 Å². The van der Waals surface area contributed by atoms with Crippen molar-refractivity contribution in [2.24, 2.45) is 0 Å². The topological polar surface area (TPSA) is 62.1 Å². The molecule has 0 heterocycles. The van der Waals surface area contributed by atoms with E-state index in [2.05, 4.69) is 11.9 Å². The van der Waals surface area contributed by atoms with E-state index in [-0.39, 0.29) is 5.57 Å². The summed E-state index contributed by atoms with van der Waals surface area (Å²) in [6.07, 6.45) is 3.06. The van der Waals surface area contributed by atoms with Crippen molar-refractivity contribution in [1.29, 1.82) is 5.26 Å². The van der Waals surface area contributed by atoms with E-state index in [1.807, 2.05) is 6.07 Å². The lowest BCUT2D eigenvalue weighted by atomic mass is 10.1. The van der Waals surface area contributed by atoms with Crippen molar-refractivity contribution in [3.05, 3.63) is 76.3 Å². The highest BCUT2D eigenvalue weighted by Crippen LogP contribution is 2.26. The number of ether oxygens (including phenoxy) is 1. The number of hydrogen-bond donors (Lipinski definition) is 1. The fourth-order valence-corrected chi connectivity index (χ4v) is 2.30. The van der Waals surface area contributed by atoms with Crippen molar-refractivity contribution in [1.82, 2.24) is 0 Å². The average Bonchev–Trinajstić information content (AvgIpc) is 2.61. The number of rotatable bonds is 6. The van der Waals surface area contributed by atoms with Gasteiger partial charge in [-0.1, -0.05) is 54.1 Å². The molecule has 25 heavy (non-hydrogen) atoms. The summed E-state index contributed by atoms with van der Waals surface area (Å²) in [6.45, 7) is 3.91. The molecule has 0 saturated heterocycles. The molecule has 0 aliphatic rings. The predicted molar refractivity (Wildman–Crippen MR) is 101 cm³/mol. The van der Waals surface area contributed by atoms with Crippen LogP contribution in [0.25, 0.3) is 6.08 Å². The van der Waals surface area contributed by atoms with Crippen molar-refractivity contribution in [3.63, 3.8) is 0 Å². The molecule has 126 valence electrons. The number of para-hydroxylation sites is 1. The SMILES string of the molecule is C=CCOc1ccccc1/C=C(\C#N)C(=O)Nc1cc(Cl)ccc1Cl. The first-order valence-electron chi connectivity index (χ1n) is 7.26. The summed E-state index contributed by atoms with van der Waals surface area (Å²) in [4.78, 5) is 12.4. The maximum absolute atomic E-state index is 12.4. The van der Waals surface area contributed by atoms with E-state index in [9.17, 15) is 10.1 Å². The molecule has 1 N–H and O–H groups in total. The van der Waals surface area contributed by atoms with E-state index in [4.69, 9.17) is 27.9 Å². The van der Waals surface area contributed by atoms with Gasteiger partial charge in [0.2, 0.25) is 0 Å². The lowest BCUT2D eigenvalue weighted by Crippen LogP contribution is -2.13. The first kappa shape index (κ1) is 18.6. The monoisotopic (exact) mass is 372 g/mol. The molecule has 2 aromatic carbocycles. The lowest BCUT2D eigenvalue weighted by molar-refractivity contribution is -0.112. The molecule has 1 amide bonds. The van der Waals surface area contributed by atoms with E-state index in [1.165, 1.54) is 12.1 Å². The zero-order valence-corrected chi connectivity index (χ0v) is 14.6. The second kappa shape index (κ2) is 8.93. The van der Waals surface area contributed by atoms with Crippen LogP contribution in [0.3, 0.4) is 0 Å². The Morgan fingerprint density at radius 1 is 1.28 bits per heavy atom. The van der Waals surface area contributed by atoms with Gasteiger partial charge in [-0.25, -0.2) is 0 Å². The number of nitrogens with zero attached hydrogens (tertiary/aromatic N) is 1. The molecular formula is C19H14Cl2N2O2. The van der Waals surface area contributed by atoms with E-state index in [0.29, 0.717) is 33.7 Å². The molecule has 0 spiro atoms. The maximum Gasteiger partial charge on any atom is 0.266 e. The molecule has 0 bridgehead atoms. The Hall–Kier alpha value is -2.74. The lowest BCUT2D eigenvalue weighted by Gasteiger charge is -2.09. The Morgan fingerprint density at radius 2 is 2.04 bits per heavy atom. The van der Waals surface area contributed by atoms with Crippen LogP contribution in [0.2, 0.25) is 10.0 Å². The van der Waals surface area contributed by atoms with Gasteiger partial charge in [0, 0.05) is 10.6 Å². The van der Waals surface area contributed by atoms with Crippen LogP contribution < -0.4 is 10.1 Å². The number of nitrogens with one attached hydrogen (secondary N) is 1. The Kier molecular flexibility index (Phi) is 6.64. The molecule has 6 heteroatoms. The van der Waals surface area contributed by atoms with Gasteiger partial charge >= 0.3 is 0 Å². The first-order chi connectivity index (χ1) is 12.0. The molecule has 0 radical (unpaired) electrons. The van der Waals surface area contributed by atoms with E-state index in [0.717, 1.165) is 0 Å². The molecule has 0 aromatic heterocycles. The molecule has 0 fully saturated rings. The van der Waals surface area contributed by atoms with Crippen molar-refractivity contribution >= 4 is 40.9 Å². The average molecular weight is 373 g/mol. The zero-order valence-electron chi connectivity index (χ0n) is 13.1. The van der Waals surface area contributed by atoms with Crippen LogP contribution in [0, 0.1) is 11.3 Å². The minimum absolute atomic E-state index is 0.0919. The Balaban J connectivity index is 2.28. The Bertz CT molecular complexity index is 870. The summed E-state index contributed by atoms with van der Waals surface area (Å²) in [6, 6.07) is 13.6. The van der Waals surface area contributed by atoms with E-state index >= 15 is 0 Å². The molecule has 0 saturated carbocycles. The summed E-state index contributed by atoms with van der Waals surface area (Å²) in [5, 5.41) is 12.7. The van der Waals surface area contributed by atoms with Crippen LogP contribution in [0.5, 0.6) is 5.75 Å². The fraction of sp³-hybridized carbons (Fsp3) is 0.0526. The van der Waals surface area contributed by atoms with Crippen molar-refractivity contribution < 1.29 is 9.53 Å². The molecule has 0 aliphatic carbocycles. The van der Waals surface area contributed by atoms with E-state index in [1.54, 1.807) is 42.5 Å². The number of amides is 1. The summed E-state index contributed by atoms with van der Waals surface area (Å²) in [5.74, 6) is -0.0473. The third kappa shape index (κ3) is 5.12. The van der Waals surface area contributed by atoms with Crippen LogP contribution >= 0.6 is 23.2 Å². The number of nitriles is 1. The van der Waals surface area contributed by atoms with Gasteiger partial charge in [-0.3, -0.25) is 4.79 Å². The molecule has 0 aliphatic heterocycles. The maximum atomic E-state index is 12.4. The zero-order chi connectivity index (χ0) is 18.2. The minimum atomic E-state index is -0.592. The molecule has 4 nitrogen and oxygen atoms in total. The van der Waals surface area contributed by atoms with Gasteiger partial charge < -0.3 is 10.1 Å². The second-order valence-electron chi connectivity index (χ2n) is 4.89. The molecule has 2 rings (SSSR count). The predicted octanol–water partition coefficient (Wildman–Crippen LogP) is 5.10. The Morgan fingerprint density at radius 3 is 2.76 bits per heavy atom. The molecular weight excluding hydrogens is 359 g/mol. The Labute approximate surface area is 155 Å². The highest BCUT2D eigenvalue weighted by molar-refractivity contribution is 6.36. The normalized spacial score (nSPS) is 10.7. The minimum Gasteiger partial charge on any atom is -0.489 e. The molecule has 0 unspecified atom stereocenters. The largest absolute Gasteiger partial charge is 0.489 e. The van der Waals surface area contributed by atoms with Crippen molar-refractivity contribution in [2.75, 3.05) is 11.9 Å². The van der Waals surface area contributed by atoms with Gasteiger partial charge in [-0.05, 0) is 30.3 Å². The number of hydrogen-bond acceptors (Lipinski definition) is 3. The summed E-state index contributed by atoms with van der Waals surface area (Å²) >= 11 is 11.9. The number of carbonyl (C=O) groups is 1. The third-order valence-electron chi connectivity index (χ3n) is 3.12.